The van der Waals surface area contributed by atoms with E-state index in [4.69, 9.17) is 0 Å². The van der Waals surface area contributed by atoms with Gasteiger partial charge >= 0.3 is 0 Å². The van der Waals surface area contributed by atoms with Crippen molar-refractivity contribution in [2.24, 2.45) is 0 Å². The van der Waals surface area contributed by atoms with Crippen molar-refractivity contribution < 1.29 is 0 Å². The van der Waals surface area contributed by atoms with Gasteiger partial charge in [-0.2, -0.15) is 0 Å². The summed E-state index contributed by atoms with van der Waals surface area (Å²) in [4.78, 5) is 0. The second-order valence-electron chi connectivity index (χ2n) is 3.53. The van der Waals surface area contributed by atoms with Crippen LogP contribution in [0.5, 0.6) is 0 Å². The lowest BCUT2D eigenvalue weighted by Crippen LogP contribution is -1.73. The van der Waals surface area contributed by atoms with E-state index in [2.05, 4.69) is 48.5 Å². The van der Waals surface area contributed by atoms with E-state index < -0.39 is 0 Å². The summed E-state index contributed by atoms with van der Waals surface area (Å²) in [6.07, 6.45) is 1.20. The van der Waals surface area contributed by atoms with Crippen LogP contribution in [0.15, 0.2) is 48.5 Å². The van der Waals surface area contributed by atoms with Gasteiger partial charge in [0.25, 0.3) is 0 Å². The van der Waals surface area contributed by atoms with Gasteiger partial charge in [-0.3, -0.25) is 0 Å². The number of benzene rings is 2. The summed E-state index contributed by atoms with van der Waals surface area (Å²) in [6.45, 7) is 0. The van der Waals surface area contributed by atoms with Crippen molar-refractivity contribution in [3.8, 4) is 11.1 Å². The normalized spacial score (nSPS) is 12.3. The fourth-order valence-corrected chi connectivity index (χ4v) is 1.71. The Labute approximate surface area is 77.8 Å². The first-order valence-corrected chi connectivity index (χ1v) is 4.61. The van der Waals surface area contributed by atoms with Crippen LogP contribution in [0.2, 0.25) is 0 Å². The van der Waals surface area contributed by atoms with Gasteiger partial charge in [0.05, 0.1) is 0 Å². The van der Waals surface area contributed by atoms with Gasteiger partial charge in [0, 0.05) is 0 Å². The molecule has 62 valence electrons. The van der Waals surface area contributed by atoms with Crippen LogP contribution in [-0.2, 0) is 6.42 Å². The molecule has 0 saturated heterocycles. The van der Waals surface area contributed by atoms with Crippen LogP contribution in [0.25, 0.3) is 11.1 Å². The highest BCUT2D eigenvalue weighted by Crippen LogP contribution is 2.32. The summed E-state index contributed by atoms with van der Waals surface area (Å²) >= 11 is 0. The molecule has 1 aliphatic carbocycles. The summed E-state index contributed by atoms with van der Waals surface area (Å²) < 4.78 is 0. The molecule has 3 rings (SSSR count). The van der Waals surface area contributed by atoms with Crippen molar-refractivity contribution in [2.45, 2.75) is 6.42 Å². The van der Waals surface area contributed by atoms with E-state index >= 15 is 0 Å². The fourth-order valence-electron chi connectivity index (χ4n) is 1.71. The Bertz CT molecular complexity index is 441. The topological polar surface area (TPSA) is 0 Å². The van der Waals surface area contributed by atoms with E-state index in [0.29, 0.717) is 0 Å². The van der Waals surface area contributed by atoms with E-state index in [-0.39, 0.29) is 0 Å². The third kappa shape index (κ3) is 1.15. The molecular weight excluding hydrogens is 156 g/mol. The number of hydrogen-bond acceptors (Lipinski definition) is 0. The lowest BCUT2D eigenvalue weighted by Gasteiger charge is -1.98. The van der Waals surface area contributed by atoms with Crippen molar-refractivity contribution in [1.82, 2.24) is 0 Å². The standard InChI is InChI=1S/C13H10/c1-2-4-10(5-3-1)11-6-7-12-9-13(12)8-11/h1-8H,9H2. The van der Waals surface area contributed by atoms with Crippen LogP contribution in [-0.4, -0.2) is 0 Å². The van der Waals surface area contributed by atoms with Crippen LogP contribution < -0.4 is 0 Å². The van der Waals surface area contributed by atoms with Crippen LogP contribution in [0.1, 0.15) is 11.1 Å². The average molecular weight is 166 g/mol. The second-order valence-corrected chi connectivity index (χ2v) is 3.53. The average Bonchev–Trinajstić information content (AvgIpc) is 2.96. The maximum atomic E-state index is 2.30. The van der Waals surface area contributed by atoms with E-state index in [0.717, 1.165) is 0 Å². The first-order valence-electron chi connectivity index (χ1n) is 4.61. The molecule has 0 amide bonds. The zero-order valence-electron chi connectivity index (χ0n) is 7.33. The van der Waals surface area contributed by atoms with Gasteiger partial charge in [-0.15, -0.1) is 0 Å². The van der Waals surface area contributed by atoms with Crippen molar-refractivity contribution in [2.75, 3.05) is 0 Å². The second kappa shape index (κ2) is 2.46. The Morgan fingerprint density at radius 2 is 1.54 bits per heavy atom. The zero-order chi connectivity index (χ0) is 8.67. The maximum Gasteiger partial charge on any atom is -0.00198 e. The minimum atomic E-state index is 1.20. The Morgan fingerprint density at radius 3 is 2.31 bits per heavy atom. The highest BCUT2D eigenvalue weighted by molar-refractivity contribution is 5.67. The third-order valence-corrected chi connectivity index (χ3v) is 2.57. The molecule has 0 heteroatoms. The third-order valence-electron chi connectivity index (χ3n) is 2.57. The summed E-state index contributed by atoms with van der Waals surface area (Å²) in [7, 11) is 0. The van der Waals surface area contributed by atoms with Crippen molar-refractivity contribution in [1.29, 1.82) is 0 Å². The molecule has 0 aromatic heterocycles. The Morgan fingerprint density at radius 1 is 0.692 bits per heavy atom. The maximum absolute atomic E-state index is 2.30. The minimum absolute atomic E-state index is 1.20. The van der Waals surface area contributed by atoms with Crippen molar-refractivity contribution in [3.05, 3.63) is 59.7 Å². The molecule has 0 fully saturated rings. The summed E-state index contributed by atoms with van der Waals surface area (Å²) in [6, 6.07) is 17.3. The van der Waals surface area contributed by atoms with Gasteiger partial charge in [-0.05, 0) is 28.7 Å². The van der Waals surface area contributed by atoms with Crippen LogP contribution >= 0.6 is 0 Å². The molecule has 0 aliphatic heterocycles. The largest absolute Gasteiger partial charge is 0.0622 e. The zero-order valence-corrected chi connectivity index (χ0v) is 7.33. The highest BCUT2D eigenvalue weighted by atomic mass is 14.2. The lowest BCUT2D eigenvalue weighted by molar-refractivity contribution is 1.60. The molecular formula is C13H10. The van der Waals surface area contributed by atoms with Crippen LogP contribution in [0, 0.1) is 0 Å². The van der Waals surface area contributed by atoms with Gasteiger partial charge < -0.3 is 0 Å². The van der Waals surface area contributed by atoms with Crippen LogP contribution in [0.3, 0.4) is 0 Å². The molecule has 0 unspecified atom stereocenters. The van der Waals surface area contributed by atoms with Crippen LogP contribution in [0.4, 0.5) is 0 Å². The Balaban J connectivity index is 2.11. The predicted molar refractivity (Wildman–Crippen MR) is 54.7 cm³/mol. The molecule has 0 bridgehead atoms. The predicted octanol–water partition coefficient (Wildman–Crippen LogP) is 3.26. The minimum Gasteiger partial charge on any atom is -0.0622 e. The molecule has 2 aromatic carbocycles. The molecule has 0 heterocycles. The SMILES string of the molecule is c1ccc(-c2ccc3c(c2)C3)cc1. The number of hydrogen-bond donors (Lipinski definition) is 0. The van der Waals surface area contributed by atoms with E-state index in [1.54, 1.807) is 0 Å². The number of rotatable bonds is 1. The molecule has 1 aliphatic rings. The van der Waals surface area contributed by atoms with Crippen molar-refractivity contribution in [3.63, 3.8) is 0 Å². The van der Waals surface area contributed by atoms with E-state index in [9.17, 15) is 0 Å². The molecule has 13 heavy (non-hydrogen) atoms. The lowest BCUT2D eigenvalue weighted by atomic mass is 10.1. The Kier molecular flexibility index (Phi) is 1.31. The van der Waals surface area contributed by atoms with Crippen molar-refractivity contribution >= 4 is 0 Å². The summed E-state index contributed by atoms with van der Waals surface area (Å²) in [5, 5.41) is 0. The molecule has 2 aromatic rings. The van der Waals surface area contributed by atoms with Gasteiger partial charge in [-0.25, -0.2) is 0 Å². The summed E-state index contributed by atoms with van der Waals surface area (Å²) in [5.74, 6) is 0. The highest BCUT2D eigenvalue weighted by Gasteiger charge is 2.15. The summed E-state index contributed by atoms with van der Waals surface area (Å²) in [5.41, 5.74) is 5.69. The number of fused-ring (bicyclic) bond motifs is 1. The molecule has 0 atom stereocenters. The van der Waals surface area contributed by atoms with Gasteiger partial charge in [0.2, 0.25) is 0 Å². The van der Waals surface area contributed by atoms with E-state index in [1.165, 1.54) is 28.7 Å². The van der Waals surface area contributed by atoms with Gasteiger partial charge in [-0.1, -0.05) is 48.5 Å². The Hall–Kier alpha value is -1.56. The fraction of sp³-hybridized carbons (Fsp3) is 0.0769. The molecule has 0 saturated carbocycles. The quantitative estimate of drug-likeness (QED) is 0.520. The smallest absolute Gasteiger partial charge is 0.00198 e. The first kappa shape index (κ1) is 6.90. The first-order chi connectivity index (χ1) is 6.43. The van der Waals surface area contributed by atoms with E-state index in [1.807, 2.05) is 0 Å². The molecule has 0 radical (unpaired) electrons. The van der Waals surface area contributed by atoms with Gasteiger partial charge in [0.15, 0.2) is 0 Å². The monoisotopic (exact) mass is 166 g/mol. The molecule has 0 nitrogen and oxygen atoms in total. The molecule has 0 spiro atoms. The van der Waals surface area contributed by atoms with Gasteiger partial charge in [0.1, 0.15) is 0 Å². The molecule has 0 N–H and O–H groups in total.